The number of carbonyl (C=O) groups excluding carboxylic acids is 2. The maximum Gasteiger partial charge on any atom is 0.325 e. The number of aromatic nitrogens is 3. The van der Waals surface area contributed by atoms with E-state index in [4.69, 9.17) is 4.74 Å². The number of methoxy groups -OCH3 is 1. The third kappa shape index (κ3) is 4.62. The Labute approximate surface area is 171 Å². The highest BCUT2D eigenvalue weighted by Gasteiger charge is 2.15. The number of ether oxygens (including phenoxy) is 1. The first-order chi connectivity index (χ1) is 13.6. The van der Waals surface area contributed by atoms with Gasteiger partial charge in [0.25, 0.3) is 5.91 Å². The first-order valence-corrected chi connectivity index (χ1v) is 11.3. The summed E-state index contributed by atoms with van der Waals surface area (Å²) in [5.41, 5.74) is 2.22. The average Bonchev–Trinajstić information content (AvgIpc) is 3.12. The average molecular weight is 437 g/mol. The lowest BCUT2D eigenvalue weighted by atomic mass is 10.3. The fourth-order valence-electron chi connectivity index (χ4n) is 2.82. The zero-order chi connectivity index (χ0) is 21.3. The molecule has 0 bridgehead atoms. The summed E-state index contributed by atoms with van der Waals surface area (Å²) in [5, 5.41) is 4.25. The summed E-state index contributed by atoms with van der Waals surface area (Å²) in [6.45, 7) is 3.49. The largest absolute Gasteiger partial charge is 0.468 e. The Morgan fingerprint density at radius 1 is 1.21 bits per heavy atom. The smallest absolute Gasteiger partial charge is 0.325 e. The number of amides is 1. The van der Waals surface area contributed by atoms with Crippen LogP contribution in [0.5, 0.6) is 0 Å². The van der Waals surface area contributed by atoms with E-state index in [1.807, 2.05) is 19.9 Å². The van der Waals surface area contributed by atoms with Crippen LogP contribution in [0.25, 0.3) is 10.2 Å². The maximum absolute atomic E-state index is 12.5. The van der Waals surface area contributed by atoms with Crippen LogP contribution in [0, 0.1) is 13.8 Å². The molecule has 0 aliphatic heterocycles. The summed E-state index contributed by atoms with van der Waals surface area (Å²) < 4.78 is 32.1. The third-order valence-electron chi connectivity index (χ3n) is 4.21. The minimum Gasteiger partial charge on any atom is -0.468 e. The Bertz CT molecular complexity index is 1280. The molecule has 29 heavy (non-hydrogen) atoms. The van der Waals surface area contributed by atoms with Crippen molar-refractivity contribution in [3.05, 3.63) is 40.5 Å². The van der Waals surface area contributed by atoms with Gasteiger partial charge >= 0.3 is 5.97 Å². The van der Waals surface area contributed by atoms with Gasteiger partial charge < -0.3 is 9.30 Å². The van der Waals surface area contributed by atoms with Crippen LogP contribution in [-0.4, -0.2) is 48.0 Å². The van der Waals surface area contributed by atoms with E-state index in [0.29, 0.717) is 10.2 Å². The number of aryl methyl sites for hydroxylation is 2. The molecule has 0 N–H and O–H groups in total. The molecular weight excluding hydrogens is 416 g/mol. The highest BCUT2D eigenvalue weighted by molar-refractivity contribution is 7.90. The van der Waals surface area contributed by atoms with Crippen molar-refractivity contribution < 1.29 is 22.7 Å². The first kappa shape index (κ1) is 20.9. The molecule has 0 aliphatic carbocycles. The molecule has 3 rings (SSSR count). The van der Waals surface area contributed by atoms with Crippen LogP contribution in [0.1, 0.15) is 11.4 Å². The minimum atomic E-state index is -3.40. The minimum absolute atomic E-state index is 0.0409. The zero-order valence-electron chi connectivity index (χ0n) is 16.4. The van der Waals surface area contributed by atoms with E-state index in [1.54, 1.807) is 10.7 Å². The van der Waals surface area contributed by atoms with Gasteiger partial charge in [-0.1, -0.05) is 11.3 Å². The molecule has 0 radical (unpaired) electrons. The molecule has 0 aliphatic rings. The number of nitrogens with zero attached hydrogens (tertiary/aromatic N) is 4. The van der Waals surface area contributed by atoms with Crippen molar-refractivity contribution in [3.8, 4) is 0 Å². The van der Waals surface area contributed by atoms with E-state index in [2.05, 4.69) is 10.1 Å². The molecule has 0 spiro atoms. The van der Waals surface area contributed by atoms with Gasteiger partial charge in [-0.25, -0.2) is 8.42 Å². The number of rotatable bonds is 5. The van der Waals surface area contributed by atoms with E-state index in [1.165, 1.54) is 23.8 Å². The van der Waals surface area contributed by atoms with Crippen molar-refractivity contribution in [1.82, 2.24) is 14.3 Å². The van der Waals surface area contributed by atoms with E-state index >= 15 is 0 Å². The molecule has 0 saturated carbocycles. The van der Waals surface area contributed by atoms with E-state index in [0.717, 1.165) is 29.0 Å². The van der Waals surface area contributed by atoms with Gasteiger partial charge in [-0.2, -0.15) is 10.1 Å². The molecule has 0 unspecified atom stereocenters. The molecule has 0 atom stereocenters. The number of thiazole rings is 1. The molecule has 2 aromatic heterocycles. The molecule has 9 nitrogen and oxygen atoms in total. The van der Waals surface area contributed by atoms with Gasteiger partial charge in [0.2, 0.25) is 0 Å². The van der Waals surface area contributed by atoms with Gasteiger partial charge in [0.15, 0.2) is 14.6 Å². The summed E-state index contributed by atoms with van der Waals surface area (Å²) in [7, 11) is -2.13. The van der Waals surface area contributed by atoms with Crippen LogP contribution in [-0.2, 0) is 37.3 Å². The monoisotopic (exact) mass is 436 g/mol. The number of carbonyl (C=O) groups is 2. The highest BCUT2D eigenvalue weighted by Crippen LogP contribution is 2.22. The number of sulfone groups is 1. The molecule has 3 aromatic rings. The van der Waals surface area contributed by atoms with Crippen molar-refractivity contribution in [3.63, 3.8) is 0 Å². The summed E-state index contributed by atoms with van der Waals surface area (Å²) in [4.78, 5) is 28.9. The predicted molar refractivity (Wildman–Crippen MR) is 107 cm³/mol. The molecule has 0 fully saturated rings. The quantitative estimate of drug-likeness (QED) is 0.556. The summed E-state index contributed by atoms with van der Waals surface area (Å²) in [5.74, 6) is -0.950. The molecule has 154 valence electrons. The molecule has 2 heterocycles. The van der Waals surface area contributed by atoms with Crippen molar-refractivity contribution in [2.45, 2.75) is 31.8 Å². The van der Waals surface area contributed by atoms with Crippen molar-refractivity contribution in [1.29, 1.82) is 0 Å². The summed E-state index contributed by atoms with van der Waals surface area (Å²) in [6, 6.07) is 6.42. The van der Waals surface area contributed by atoms with Gasteiger partial charge in [-0.15, -0.1) is 0 Å². The Morgan fingerprint density at radius 3 is 2.52 bits per heavy atom. The molecular formula is C18H20N4O5S2. The summed E-state index contributed by atoms with van der Waals surface area (Å²) >= 11 is 1.13. The Morgan fingerprint density at radius 2 is 1.93 bits per heavy atom. The molecule has 1 amide bonds. The standard InChI is InChI=1S/C18H20N4O5S2/c1-11-7-12(2)22(20-11)9-16(23)19-18-21(10-17(24)27-3)14-6-5-13(29(4,25)26)8-15(14)28-18/h5-8H,9-10H2,1-4H3. The van der Waals surface area contributed by atoms with E-state index < -0.39 is 21.7 Å². The topological polar surface area (TPSA) is 113 Å². The second-order valence-electron chi connectivity index (χ2n) is 6.54. The van der Waals surface area contributed by atoms with Crippen LogP contribution in [0.2, 0.25) is 0 Å². The van der Waals surface area contributed by atoms with Gasteiger partial charge in [0.1, 0.15) is 13.1 Å². The normalized spacial score (nSPS) is 12.5. The predicted octanol–water partition coefficient (Wildman–Crippen LogP) is 1.22. The summed E-state index contributed by atoms with van der Waals surface area (Å²) in [6.07, 6.45) is 1.12. The van der Waals surface area contributed by atoms with Gasteiger partial charge in [-0.05, 0) is 38.1 Å². The van der Waals surface area contributed by atoms with Crippen molar-refractivity contribution in [2.24, 2.45) is 4.99 Å². The maximum atomic E-state index is 12.5. The van der Waals surface area contributed by atoms with Gasteiger partial charge in [-0.3, -0.25) is 14.3 Å². The molecule has 1 aromatic carbocycles. The van der Waals surface area contributed by atoms with Crippen LogP contribution in [0.4, 0.5) is 0 Å². The van der Waals surface area contributed by atoms with Crippen molar-refractivity contribution in [2.75, 3.05) is 13.4 Å². The zero-order valence-corrected chi connectivity index (χ0v) is 18.0. The number of hydrogen-bond donors (Lipinski definition) is 0. The Hall–Kier alpha value is -2.79. The Kier molecular flexibility index (Phi) is 5.71. The lowest BCUT2D eigenvalue weighted by molar-refractivity contribution is -0.141. The fraction of sp³-hybridized carbons (Fsp3) is 0.333. The molecule has 0 saturated heterocycles. The number of hydrogen-bond acceptors (Lipinski definition) is 7. The lowest BCUT2D eigenvalue weighted by Crippen LogP contribution is -2.23. The van der Waals surface area contributed by atoms with Crippen molar-refractivity contribution >= 4 is 43.3 Å². The number of benzene rings is 1. The highest BCUT2D eigenvalue weighted by atomic mass is 32.2. The van der Waals surface area contributed by atoms with Crippen LogP contribution in [0.15, 0.2) is 34.2 Å². The van der Waals surface area contributed by atoms with Crippen LogP contribution >= 0.6 is 11.3 Å². The lowest BCUT2D eigenvalue weighted by Gasteiger charge is -2.04. The van der Waals surface area contributed by atoms with Crippen LogP contribution in [0.3, 0.4) is 0 Å². The Balaban J connectivity index is 2.09. The van der Waals surface area contributed by atoms with E-state index in [-0.39, 0.29) is 22.8 Å². The van der Waals surface area contributed by atoms with Crippen LogP contribution < -0.4 is 4.80 Å². The second kappa shape index (κ2) is 7.91. The first-order valence-electron chi connectivity index (χ1n) is 8.57. The molecule has 11 heteroatoms. The number of fused-ring (bicyclic) bond motifs is 1. The van der Waals surface area contributed by atoms with Gasteiger partial charge in [0, 0.05) is 11.9 Å². The van der Waals surface area contributed by atoms with Gasteiger partial charge in [0.05, 0.1) is 27.9 Å². The van der Waals surface area contributed by atoms with E-state index in [9.17, 15) is 18.0 Å². The SMILES string of the molecule is COC(=O)Cn1c(=NC(=O)Cn2nc(C)cc2C)sc2cc(S(C)(=O)=O)ccc21. The third-order valence-corrected chi connectivity index (χ3v) is 6.36. The second-order valence-corrected chi connectivity index (χ2v) is 9.56. The fourth-order valence-corrected chi connectivity index (χ4v) is 4.63. The number of esters is 1.